The molecule has 2 nitrogen and oxygen atoms in total. The van der Waals surface area contributed by atoms with Crippen LogP contribution < -0.4 is 0 Å². The smallest absolute Gasteiger partial charge is 0.209 e. The molecule has 1 aliphatic rings. The lowest BCUT2D eigenvalue weighted by Gasteiger charge is -2.01. The highest BCUT2D eigenvalue weighted by molar-refractivity contribution is 8.30. The molecule has 0 amide bonds. The van der Waals surface area contributed by atoms with E-state index < -0.39 is 0 Å². The average Bonchev–Trinajstić information content (AvgIpc) is 1.33. The molecule has 1 fully saturated rings. The first kappa shape index (κ1) is 3.87. The molecule has 6 heavy (non-hydrogen) atoms. The maximum Gasteiger partial charge on any atom is 0.209 e. The van der Waals surface area contributed by atoms with Crippen LogP contribution >= 0.6 is 11.8 Å². The van der Waals surface area contributed by atoms with Crippen molar-refractivity contribution in [1.29, 1.82) is 0 Å². The number of carbonyl (C=O) groups is 2. The van der Waals surface area contributed by atoms with Crippen LogP contribution in [-0.2, 0) is 9.59 Å². The van der Waals surface area contributed by atoms with Gasteiger partial charge in [0, 0.05) is 0 Å². The Labute approximate surface area is 38.9 Å². The Morgan fingerprint density at radius 1 is 1.33 bits per heavy atom. The fraction of sp³-hybridized carbons (Fsp3) is 0. The first-order valence-electron chi connectivity index (χ1n) is 1.39. The number of hydrogen-bond donors (Lipinski definition) is 0. The van der Waals surface area contributed by atoms with Gasteiger partial charge in [0.05, 0.1) is 0 Å². The summed E-state index contributed by atoms with van der Waals surface area (Å²) < 4.78 is 0. The molecule has 0 atom stereocenters. The average molecular weight is 101 g/mol. The van der Waals surface area contributed by atoms with Crippen LogP contribution in [0.5, 0.6) is 0 Å². The van der Waals surface area contributed by atoms with Crippen molar-refractivity contribution in [1.82, 2.24) is 0 Å². The monoisotopic (exact) mass is 101 g/mol. The van der Waals surface area contributed by atoms with Gasteiger partial charge in [0.25, 0.3) is 0 Å². The highest BCUT2D eigenvalue weighted by Gasteiger charge is 2.24. The van der Waals surface area contributed by atoms with Gasteiger partial charge in [-0.25, -0.2) is 0 Å². The summed E-state index contributed by atoms with van der Waals surface area (Å²) in [6.07, 6.45) is 1.07. The van der Waals surface area contributed by atoms with Gasteiger partial charge in [0.15, 0.2) is 0 Å². The molecule has 0 aromatic heterocycles. The van der Waals surface area contributed by atoms with Crippen LogP contribution in [0.25, 0.3) is 0 Å². The molecule has 0 N–H and O–H groups in total. The molecule has 0 aromatic carbocycles. The van der Waals surface area contributed by atoms with Crippen molar-refractivity contribution in [2.45, 2.75) is 0 Å². The Hall–Kier alpha value is -0.310. The van der Waals surface area contributed by atoms with E-state index in [2.05, 4.69) is 0 Å². The van der Waals surface area contributed by atoms with Crippen molar-refractivity contribution in [3.63, 3.8) is 0 Å². The van der Waals surface area contributed by atoms with Crippen molar-refractivity contribution >= 4 is 22.0 Å². The van der Waals surface area contributed by atoms with Gasteiger partial charge in [-0.1, -0.05) is 0 Å². The van der Waals surface area contributed by atoms with Gasteiger partial charge in [-0.2, -0.15) is 0 Å². The molecule has 31 valence electrons. The zero-order valence-electron chi connectivity index (χ0n) is 2.80. The zero-order chi connectivity index (χ0) is 4.57. The van der Waals surface area contributed by atoms with Gasteiger partial charge in [-0.05, 0) is 11.8 Å². The second-order valence-electron chi connectivity index (χ2n) is 0.884. The van der Waals surface area contributed by atoms with E-state index in [4.69, 9.17) is 0 Å². The minimum atomic E-state index is -0.125. The van der Waals surface area contributed by atoms with Crippen LogP contribution in [-0.4, -0.2) is 10.2 Å². The van der Waals surface area contributed by atoms with Gasteiger partial charge in [0.1, 0.15) is 6.42 Å². The predicted molar refractivity (Wildman–Crippen MR) is 21.9 cm³/mol. The Morgan fingerprint density at radius 3 is 1.67 bits per heavy atom. The Kier molecular flexibility index (Phi) is 0.696. The van der Waals surface area contributed by atoms with E-state index >= 15 is 0 Å². The van der Waals surface area contributed by atoms with Gasteiger partial charge in [-0.15, -0.1) is 0 Å². The first-order chi connectivity index (χ1) is 2.79. The Bertz CT molecular complexity index is 85.4. The number of thioether (sulfide) groups is 1. The molecule has 0 aromatic rings. The van der Waals surface area contributed by atoms with E-state index in [1.165, 1.54) is 0 Å². The fourth-order valence-corrected chi connectivity index (χ4v) is 0.541. The maximum absolute atomic E-state index is 9.80. The third kappa shape index (κ3) is 0.452. The highest BCUT2D eigenvalue weighted by atomic mass is 32.2. The molecule has 1 radical (unpaired) electrons. The van der Waals surface area contributed by atoms with Crippen molar-refractivity contribution in [3.8, 4) is 0 Å². The summed E-state index contributed by atoms with van der Waals surface area (Å²) in [5.74, 6) is 0. The van der Waals surface area contributed by atoms with Crippen LogP contribution in [0.2, 0.25) is 0 Å². The second-order valence-corrected chi connectivity index (χ2v) is 1.89. The van der Waals surface area contributed by atoms with Crippen LogP contribution in [0.4, 0.5) is 0 Å². The lowest BCUT2D eigenvalue weighted by atomic mass is 10.5. The van der Waals surface area contributed by atoms with Crippen molar-refractivity contribution in [2.24, 2.45) is 0 Å². The molecule has 1 saturated heterocycles. The number of hydrogen-bond acceptors (Lipinski definition) is 3. The summed E-state index contributed by atoms with van der Waals surface area (Å²) in [5, 5.41) is -0.250. The van der Waals surface area contributed by atoms with Gasteiger partial charge in [0.2, 0.25) is 10.2 Å². The Morgan fingerprint density at radius 2 is 1.67 bits per heavy atom. The predicted octanol–water partition coefficient (Wildman–Crippen LogP) is -0.00931. The molecular weight excluding hydrogens is 100 g/mol. The summed E-state index contributed by atoms with van der Waals surface area (Å²) in [5.41, 5.74) is 0. The molecule has 1 rings (SSSR count). The van der Waals surface area contributed by atoms with E-state index in [9.17, 15) is 9.59 Å². The molecule has 1 aliphatic heterocycles. The third-order valence-corrected chi connectivity index (χ3v) is 1.07. The summed E-state index contributed by atoms with van der Waals surface area (Å²) in [7, 11) is 0. The van der Waals surface area contributed by atoms with E-state index in [-0.39, 0.29) is 10.2 Å². The lowest BCUT2D eigenvalue weighted by Crippen LogP contribution is -2.14. The zero-order valence-corrected chi connectivity index (χ0v) is 3.62. The Balaban J connectivity index is 2.47. The molecule has 1 heterocycles. The summed E-state index contributed by atoms with van der Waals surface area (Å²) in [6.45, 7) is 0. The molecule has 0 saturated carbocycles. The van der Waals surface area contributed by atoms with E-state index in [1.54, 1.807) is 0 Å². The quantitative estimate of drug-likeness (QED) is 0.430. The van der Waals surface area contributed by atoms with Gasteiger partial charge >= 0.3 is 0 Å². The standard InChI is InChI=1S/C3HO2S/c4-2-1-3(5)6-2/h1H. The van der Waals surface area contributed by atoms with Gasteiger partial charge in [-0.3, -0.25) is 9.59 Å². The fourth-order valence-electron chi connectivity index (χ4n) is 0.196. The van der Waals surface area contributed by atoms with Crippen molar-refractivity contribution in [2.75, 3.05) is 0 Å². The maximum atomic E-state index is 9.80. The lowest BCUT2D eigenvalue weighted by molar-refractivity contribution is -0.116. The van der Waals surface area contributed by atoms with E-state index in [1.807, 2.05) is 0 Å². The minimum Gasteiger partial charge on any atom is -0.286 e. The molecular formula is C3HO2S. The van der Waals surface area contributed by atoms with E-state index in [0.717, 1.165) is 18.2 Å². The molecule has 0 aliphatic carbocycles. The summed E-state index contributed by atoms with van der Waals surface area (Å²) in [4.78, 5) is 19.6. The first-order valence-corrected chi connectivity index (χ1v) is 2.21. The highest BCUT2D eigenvalue weighted by Crippen LogP contribution is 2.19. The molecule has 3 heteroatoms. The second kappa shape index (κ2) is 1.08. The van der Waals surface area contributed by atoms with E-state index in [0.29, 0.717) is 0 Å². The number of carbonyl (C=O) groups excluding carboxylic acids is 2. The molecule has 0 spiro atoms. The van der Waals surface area contributed by atoms with Crippen molar-refractivity contribution < 1.29 is 9.59 Å². The number of rotatable bonds is 0. The minimum absolute atomic E-state index is 0.125. The summed E-state index contributed by atoms with van der Waals surface area (Å²) in [6, 6.07) is 0. The molecule has 0 unspecified atom stereocenters. The molecule has 0 bridgehead atoms. The largest absolute Gasteiger partial charge is 0.286 e. The summed E-state index contributed by atoms with van der Waals surface area (Å²) >= 11 is 0.750. The van der Waals surface area contributed by atoms with Crippen LogP contribution in [0, 0.1) is 6.42 Å². The van der Waals surface area contributed by atoms with Crippen LogP contribution in [0.3, 0.4) is 0 Å². The third-order valence-electron chi connectivity index (χ3n) is 0.437. The SMILES string of the molecule is O=C1[CH]C(=O)S1. The van der Waals surface area contributed by atoms with Crippen LogP contribution in [0.15, 0.2) is 0 Å². The van der Waals surface area contributed by atoms with Crippen LogP contribution in [0.1, 0.15) is 0 Å². The van der Waals surface area contributed by atoms with Crippen molar-refractivity contribution in [3.05, 3.63) is 6.42 Å². The topological polar surface area (TPSA) is 34.1 Å². The van der Waals surface area contributed by atoms with Gasteiger partial charge < -0.3 is 0 Å². The normalized spacial score (nSPS) is 20.7.